The van der Waals surface area contributed by atoms with Crippen molar-refractivity contribution in [3.63, 3.8) is 0 Å². The molecule has 0 saturated carbocycles. The highest BCUT2D eigenvalue weighted by molar-refractivity contribution is 5.78. The van der Waals surface area contributed by atoms with Crippen molar-refractivity contribution in [2.24, 2.45) is 11.7 Å². The summed E-state index contributed by atoms with van der Waals surface area (Å²) in [5.74, 6) is -0.484. The lowest BCUT2D eigenvalue weighted by atomic mass is 9.95. The lowest BCUT2D eigenvalue weighted by Gasteiger charge is -2.36. The predicted octanol–water partition coefficient (Wildman–Crippen LogP) is 0.0171. The zero-order valence-electron chi connectivity index (χ0n) is 15.5. The Hall–Kier alpha value is -2.58. The molecular weight excluding hydrogens is 352 g/mol. The molecule has 1 aromatic rings. The standard InChI is InChI=1S/C18H26N4O5/c1-2-27-18(26)22-9-5-12(6-10-22)20-13-14(16(24)15(13)23)21-7-3-11(4-8-21)17(19)25/h11-12,20H,2-10H2,1H3,(H2,19,25). The van der Waals surface area contributed by atoms with Crippen LogP contribution in [0.2, 0.25) is 0 Å². The minimum Gasteiger partial charge on any atom is -0.450 e. The smallest absolute Gasteiger partial charge is 0.409 e. The second kappa shape index (κ2) is 7.98. The summed E-state index contributed by atoms with van der Waals surface area (Å²) in [6, 6.07) is 0.0286. The molecule has 0 atom stereocenters. The van der Waals surface area contributed by atoms with E-state index in [9.17, 15) is 19.2 Å². The molecule has 27 heavy (non-hydrogen) atoms. The summed E-state index contributed by atoms with van der Waals surface area (Å²) in [4.78, 5) is 50.7. The molecule has 0 aromatic heterocycles. The van der Waals surface area contributed by atoms with Crippen molar-refractivity contribution in [3.8, 4) is 0 Å². The molecule has 3 rings (SSSR count). The summed E-state index contributed by atoms with van der Waals surface area (Å²) < 4.78 is 5.00. The van der Waals surface area contributed by atoms with Crippen molar-refractivity contribution in [1.29, 1.82) is 0 Å². The molecule has 2 aliphatic rings. The number of primary amides is 1. The van der Waals surface area contributed by atoms with Crippen molar-refractivity contribution in [2.45, 2.75) is 38.6 Å². The Morgan fingerprint density at radius 1 is 1.07 bits per heavy atom. The largest absolute Gasteiger partial charge is 0.450 e. The fourth-order valence-corrected chi connectivity index (χ4v) is 3.83. The highest BCUT2D eigenvalue weighted by Crippen LogP contribution is 2.28. The zero-order valence-corrected chi connectivity index (χ0v) is 15.5. The van der Waals surface area contributed by atoms with Gasteiger partial charge in [0.1, 0.15) is 11.4 Å². The number of nitrogens with zero attached hydrogens (tertiary/aromatic N) is 2. The molecule has 148 valence electrons. The summed E-state index contributed by atoms with van der Waals surface area (Å²) in [5.41, 5.74) is 5.18. The van der Waals surface area contributed by atoms with Gasteiger partial charge in [-0.2, -0.15) is 0 Å². The van der Waals surface area contributed by atoms with E-state index >= 15 is 0 Å². The first-order valence-corrected chi connectivity index (χ1v) is 9.48. The van der Waals surface area contributed by atoms with Gasteiger partial charge in [-0.05, 0) is 32.6 Å². The molecule has 0 bridgehead atoms. The molecule has 2 fully saturated rings. The number of likely N-dealkylation sites (tertiary alicyclic amines) is 1. The highest BCUT2D eigenvalue weighted by Gasteiger charge is 2.32. The van der Waals surface area contributed by atoms with Gasteiger partial charge in [-0.25, -0.2) is 4.79 Å². The van der Waals surface area contributed by atoms with Crippen molar-refractivity contribution in [1.82, 2.24) is 4.90 Å². The number of piperidine rings is 2. The van der Waals surface area contributed by atoms with E-state index in [4.69, 9.17) is 10.5 Å². The summed E-state index contributed by atoms with van der Waals surface area (Å²) in [7, 11) is 0. The van der Waals surface area contributed by atoms with Gasteiger partial charge in [0, 0.05) is 38.1 Å². The summed E-state index contributed by atoms with van der Waals surface area (Å²) >= 11 is 0. The SMILES string of the molecule is CCOC(=O)N1CCC(Nc2c(N3CCC(C(N)=O)CC3)c(=O)c2=O)CC1. The third-order valence-corrected chi connectivity index (χ3v) is 5.47. The molecule has 3 N–H and O–H groups in total. The van der Waals surface area contributed by atoms with Gasteiger partial charge in [-0.3, -0.25) is 14.4 Å². The first-order valence-electron chi connectivity index (χ1n) is 9.48. The molecule has 1 aromatic carbocycles. The normalized spacial score (nSPS) is 19.3. The third kappa shape index (κ3) is 3.91. The van der Waals surface area contributed by atoms with Crippen LogP contribution in [0.25, 0.3) is 0 Å². The lowest BCUT2D eigenvalue weighted by Crippen LogP contribution is -2.49. The van der Waals surface area contributed by atoms with Crippen LogP contribution in [0.4, 0.5) is 16.2 Å². The van der Waals surface area contributed by atoms with E-state index in [1.54, 1.807) is 11.8 Å². The number of carbonyl (C=O) groups excluding carboxylic acids is 2. The average Bonchev–Trinajstić information content (AvgIpc) is 2.68. The molecule has 2 heterocycles. The first kappa shape index (κ1) is 19.2. The molecule has 9 heteroatoms. The van der Waals surface area contributed by atoms with Gasteiger partial charge in [0.05, 0.1) is 6.61 Å². The summed E-state index contributed by atoms with van der Waals surface area (Å²) in [6.07, 6.45) is 2.22. The molecule has 0 radical (unpaired) electrons. The molecule has 9 nitrogen and oxygen atoms in total. The third-order valence-electron chi connectivity index (χ3n) is 5.47. The van der Waals surface area contributed by atoms with Gasteiger partial charge in [0.25, 0.3) is 10.9 Å². The van der Waals surface area contributed by atoms with Crippen LogP contribution in [0.3, 0.4) is 0 Å². The van der Waals surface area contributed by atoms with Crippen molar-refractivity contribution in [3.05, 3.63) is 20.4 Å². The maximum absolute atomic E-state index is 12.1. The number of hydrogen-bond donors (Lipinski definition) is 2. The Morgan fingerprint density at radius 3 is 2.26 bits per heavy atom. The van der Waals surface area contributed by atoms with E-state index in [2.05, 4.69) is 5.32 Å². The zero-order chi connectivity index (χ0) is 19.6. The highest BCUT2D eigenvalue weighted by atomic mass is 16.6. The molecule has 2 aliphatic heterocycles. The number of nitrogens with two attached hydrogens (primary N) is 1. The molecule has 0 spiro atoms. The lowest BCUT2D eigenvalue weighted by molar-refractivity contribution is -0.122. The summed E-state index contributed by atoms with van der Waals surface area (Å²) in [6.45, 7) is 4.28. The number of amides is 2. The quantitative estimate of drug-likeness (QED) is 0.693. The van der Waals surface area contributed by atoms with Crippen LogP contribution in [-0.2, 0) is 9.53 Å². The fraction of sp³-hybridized carbons (Fsp3) is 0.667. The van der Waals surface area contributed by atoms with Crippen molar-refractivity contribution < 1.29 is 14.3 Å². The van der Waals surface area contributed by atoms with Crippen LogP contribution >= 0.6 is 0 Å². The van der Waals surface area contributed by atoms with E-state index < -0.39 is 10.9 Å². The minimum absolute atomic E-state index is 0.0286. The van der Waals surface area contributed by atoms with Crippen LogP contribution in [0.15, 0.2) is 9.59 Å². The Bertz CT molecular complexity index is 769. The van der Waals surface area contributed by atoms with Gasteiger partial charge in [0.15, 0.2) is 0 Å². The van der Waals surface area contributed by atoms with Gasteiger partial charge >= 0.3 is 6.09 Å². The van der Waals surface area contributed by atoms with Gasteiger partial charge < -0.3 is 25.6 Å². The Balaban J connectivity index is 1.59. The number of carbonyl (C=O) groups is 2. The molecule has 0 aliphatic carbocycles. The Kier molecular flexibility index (Phi) is 5.67. The number of anilines is 2. The van der Waals surface area contributed by atoms with E-state index in [1.807, 2.05) is 4.90 Å². The Morgan fingerprint density at radius 2 is 1.70 bits per heavy atom. The maximum Gasteiger partial charge on any atom is 0.409 e. The molecule has 2 amide bonds. The van der Waals surface area contributed by atoms with Crippen LogP contribution in [0, 0.1) is 5.92 Å². The predicted molar refractivity (Wildman–Crippen MR) is 101 cm³/mol. The van der Waals surface area contributed by atoms with E-state index in [0.717, 1.165) is 0 Å². The van der Waals surface area contributed by atoms with E-state index in [-0.39, 0.29) is 24.0 Å². The number of hydrogen-bond acceptors (Lipinski definition) is 7. The van der Waals surface area contributed by atoms with Crippen molar-refractivity contribution in [2.75, 3.05) is 43.0 Å². The average molecular weight is 378 g/mol. The minimum atomic E-state index is -0.491. The van der Waals surface area contributed by atoms with E-state index in [0.29, 0.717) is 69.8 Å². The van der Waals surface area contributed by atoms with Crippen LogP contribution < -0.4 is 26.8 Å². The van der Waals surface area contributed by atoms with Gasteiger partial charge in [-0.1, -0.05) is 0 Å². The van der Waals surface area contributed by atoms with E-state index in [1.165, 1.54) is 0 Å². The molecule has 0 unspecified atom stereocenters. The number of nitrogens with one attached hydrogen (secondary N) is 1. The monoisotopic (exact) mass is 378 g/mol. The van der Waals surface area contributed by atoms with Crippen molar-refractivity contribution >= 4 is 23.4 Å². The topological polar surface area (TPSA) is 122 Å². The number of ether oxygens (including phenoxy) is 1. The molecular formula is C18H26N4O5. The second-order valence-corrected chi connectivity index (χ2v) is 7.15. The van der Waals surface area contributed by atoms with Gasteiger partial charge in [0.2, 0.25) is 5.91 Å². The fourth-order valence-electron chi connectivity index (χ4n) is 3.83. The molecule has 2 saturated heterocycles. The van der Waals surface area contributed by atoms with Crippen LogP contribution in [-0.4, -0.2) is 55.7 Å². The second-order valence-electron chi connectivity index (χ2n) is 7.15. The maximum atomic E-state index is 12.1. The summed E-state index contributed by atoms with van der Waals surface area (Å²) in [5, 5.41) is 3.21. The van der Waals surface area contributed by atoms with Crippen LogP contribution in [0.1, 0.15) is 32.6 Å². The first-order chi connectivity index (χ1) is 12.9. The van der Waals surface area contributed by atoms with Crippen LogP contribution in [0.5, 0.6) is 0 Å². The number of rotatable bonds is 5. The van der Waals surface area contributed by atoms with Gasteiger partial charge in [-0.15, -0.1) is 0 Å². The Labute approximate surface area is 157 Å².